The summed E-state index contributed by atoms with van der Waals surface area (Å²) in [5, 5.41) is 9.20. The number of piperidine rings is 1. The van der Waals surface area contributed by atoms with Crippen LogP contribution in [0, 0.1) is 11.8 Å². The van der Waals surface area contributed by atoms with E-state index in [0.717, 1.165) is 19.5 Å². The van der Waals surface area contributed by atoms with E-state index in [4.69, 9.17) is 0 Å². The summed E-state index contributed by atoms with van der Waals surface area (Å²) in [5.74, 6) is 0.619. The minimum absolute atomic E-state index is 0.111. The largest absolute Gasteiger partial charge is 0.481 e. The van der Waals surface area contributed by atoms with Crippen molar-refractivity contribution < 1.29 is 9.90 Å². The zero-order chi connectivity index (χ0) is 14.5. The lowest BCUT2D eigenvalue weighted by molar-refractivity contribution is -0.138. The van der Waals surface area contributed by atoms with E-state index in [1.165, 1.54) is 12.0 Å². The van der Waals surface area contributed by atoms with Gasteiger partial charge in [-0.05, 0) is 30.2 Å². The van der Waals surface area contributed by atoms with E-state index in [-0.39, 0.29) is 12.5 Å². The highest BCUT2D eigenvalue weighted by atomic mass is 16.4. The molecule has 20 heavy (non-hydrogen) atoms. The highest BCUT2D eigenvalue weighted by Gasteiger charge is 2.28. The normalized spacial score (nSPS) is 25.3. The quantitative estimate of drug-likeness (QED) is 0.898. The van der Waals surface area contributed by atoms with Crippen molar-refractivity contribution in [3.63, 3.8) is 0 Å². The van der Waals surface area contributed by atoms with Gasteiger partial charge in [0.2, 0.25) is 0 Å². The van der Waals surface area contributed by atoms with E-state index in [2.05, 4.69) is 30.9 Å². The van der Waals surface area contributed by atoms with Gasteiger partial charge < -0.3 is 5.11 Å². The van der Waals surface area contributed by atoms with Gasteiger partial charge in [-0.15, -0.1) is 0 Å². The molecule has 0 aromatic heterocycles. The maximum absolute atomic E-state index is 11.2. The van der Waals surface area contributed by atoms with Crippen molar-refractivity contribution in [3.05, 3.63) is 35.9 Å². The fraction of sp³-hybridized carbons (Fsp3) is 0.588. The topological polar surface area (TPSA) is 40.5 Å². The van der Waals surface area contributed by atoms with Crippen molar-refractivity contribution in [1.29, 1.82) is 0 Å². The van der Waals surface area contributed by atoms with Crippen LogP contribution in [-0.4, -0.2) is 35.1 Å². The van der Waals surface area contributed by atoms with E-state index in [1.807, 2.05) is 18.2 Å². The van der Waals surface area contributed by atoms with Crippen molar-refractivity contribution in [3.8, 4) is 0 Å². The summed E-state index contributed by atoms with van der Waals surface area (Å²) in [4.78, 5) is 13.6. The van der Waals surface area contributed by atoms with Crippen LogP contribution in [0.5, 0.6) is 0 Å². The minimum atomic E-state index is -0.697. The molecule has 1 aromatic carbocycles. The lowest BCUT2D eigenvalue weighted by atomic mass is 9.89. The summed E-state index contributed by atoms with van der Waals surface area (Å²) >= 11 is 0. The van der Waals surface area contributed by atoms with Gasteiger partial charge in [0.05, 0.1) is 6.42 Å². The number of carbonyl (C=O) groups is 1. The molecule has 3 nitrogen and oxygen atoms in total. The molecule has 3 atom stereocenters. The van der Waals surface area contributed by atoms with Gasteiger partial charge in [0.1, 0.15) is 0 Å². The molecule has 0 radical (unpaired) electrons. The molecule has 110 valence electrons. The van der Waals surface area contributed by atoms with Crippen LogP contribution >= 0.6 is 0 Å². The Hall–Kier alpha value is -1.35. The Morgan fingerprint density at radius 2 is 1.85 bits per heavy atom. The van der Waals surface area contributed by atoms with E-state index in [0.29, 0.717) is 11.8 Å². The number of likely N-dealkylation sites (tertiary alicyclic amines) is 1. The molecule has 1 aromatic rings. The molecule has 1 N–H and O–H groups in total. The van der Waals surface area contributed by atoms with Crippen LogP contribution in [0.3, 0.4) is 0 Å². The highest BCUT2D eigenvalue weighted by Crippen LogP contribution is 2.25. The molecule has 2 rings (SSSR count). The molecule has 0 spiro atoms. The van der Waals surface area contributed by atoms with E-state index in [9.17, 15) is 9.90 Å². The van der Waals surface area contributed by atoms with Crippen molar-refractivity contribution in [1.82, 2.24) is 4.90 Å². The summed E-state index contributed by atoms with van der Waals surface area (Å²) in [5.41, 5.74) is 1.23. The predicted molar refractivity (Wildman–Crippen MR) is 80.7 cm³/mol. The molecule has 3 unspecified atom stereocenters. The summed E-state index contributed by atoms with van der Waals surface area (Å²) in [6.07, 6.45) is 2.31. The standard InChI is InChI=1S/C17H25NO2/c1-13-8-14(2)12-18(11-13)16(10-17(19)20)9-15-6-4-3-5-7-15/h3-7,13-14,16H,8-12H2,1-2H3,(H,19,20). The monoisotopic (exact) mass is 275 g/mol. The SMILES string of the molecule is CC1CC(C)CN(C(CC(=O)O)Cc2ccccc2)C1. The smallest absolute Gasteiger partial charge is 0.304 e. The molecule has 1 saturated heterocycles. The number of carboxylic acid groups (broad SMARTS) is 1. The average Bonchev–Trinajstić information content (AvgIpc) is 2.37. The highest BCUT2D eigenvalue weighted by molar-refractivity contribution is 5.67. The summed E-state index contributed by atoms with van der Waals surface area (Å²) in [7, 11) is 0. The van der Waals surface area contributed by atoms with Gasteiger partial charge in [0.15, 0.2) is 0 Å². The number of nitrogens with zero attached hydrogens (tertiary/aromatic N) is 1. The van der Waals surface area contributed by atoms with E-state index < -0.39 is 5.97 Å². The second-order valence-corrected chi connectivity index (χ2v) is 6.34. The minimum Gasteiger partial charge on any atom is -0.481 e. The predicted octanol–water partition coefficient (Wildman–Crippen LogP) is 3.05. The average molecular weight is 275 g/mol. The third-order valence-electron chi connectivity index (χ3n) is 4.14. The molecule has 0 aliphatic carbocycles. The lowest BCUT2D eigenvalue weighted by Crippen LogP contribution is -2.46. The Kier molecular flexibility index (Phi) is 5.18. The lowest BCUT2D eigenvalue weighted by Gasteiger charge is -2.39. The van der Waals surface area contributed by atoms with Crippen molar-refractivity contribution in [2.45, 2.75) is 39.2 Å². The summed E-state index contributed by atoms with van der Waals surface area (Å²) < 4.78 is 0. The fourth-order valence-electron chi connectivity index (χ4n) is 3.43. The van der Waals surface area contributed by atoms with Gasteiger partial charge in [-0.25, -0.2) is 0 Å². The Morgan fingerprint density at radius 1 is 1.25 bits per heavy atom. The zero-order valence-corrected chi connectivity index (χ0v) is 12.5. The second kappa shape index (κ2) is 6.89. The third-order valence-corrected chi connectivity index (χ3v) is 4.14. The van der Waals surface area contributed by atoms with Crippen LogP contribution in [0.25, 0.3) is 0 Å². The Labute approximate surface area is 121 Å². The van der Waals surface area contributed by atoms with Gasteiger partial charge in [0, 0.05) is 19.1 Å². The zero-order valence-electron chi connectivity index (χ0n) is 12.5. The van der Waals surface area contributed by atoms with Crippen LogP contribution in [0.15, 0.2) is 30.3 Å². The van der Waals surface area contributed by atoms with Gasteiger partial charge in [0.25, 0.3) is 0 Å². The van der Waals surface area contributed by atoms with Crippen LogP contribution < -0.4 is 0 Å². The van der Waals surface area contributed by atoms with Gasteiger partial charge in [-0.2, -0.15) is 0 Å². The molecular formula is C17H25NO2. The first-order valence-electron chi connectivity index (χ1n) is 7.54. The molecule has 1 fully saturated rings. The summed E-state index contributed by atoms with van der Waals surface area (Å²) in [6, 6.07) is 10.3. The number of hydrogen-bond donors (Lipinski definition) is 1. The first-order chi connectivity index (χ1) is 9.54. The molecule has 3 heteroatoms. The number of carboxylic acids is 1. The Balaban J connectivity index is 2.08. The maximum Gasteiger partial charge on any atom is 0.304 e. The number of hydrogen-bond acceptors (Lipinski definition) is 2. The maximum atomic E-state index is 11.2. The molecular weight excluding hydrogens is 250 g/mol. The second-order valence-electron chi connectivity index (χ2n) is 6.34. The Bertz CT molecular complexity index is 422. The number of benzene rings is 1. The van der Waals surface area contributed by atoms with Crippen LogP contribution in [-0.2, 0) is 11.2 Å². The van der Waals surface area contributed by atoms with Gasteiger partial charge in [-0.3, -0.25) is 9.69 Å². The van der Waals surface area contributed by atoms with Crippen LogP contribution in [0.4, 0.5) is 0 Å². The summed E-state index contributed by atoms with van der Waals surface area (Å²) in [6.45, 7) is 6.58. The van der Waals surface area contributed by atoms with Crippen molar-refractivity contribution in [2.24, 2.45) is 11.8 Å². The molecule has 1 aliphatic heterocycles. The first kappa shape index (κ1) is 15.0. The van der Waals surface area contributed by atoms with Crippen molar-refractivity contribution in [2.75, 3.05) is 13.1 Å². The molecule has 1 heterocycles. The molecule has 0 amide bonds. The van der Waals surface area contributed by atoms with Gasteiger partial charge in [-0.1, -0.05) is 44.2 Å². The molecule has 0 saturated carbocycles. The van der Waals surface area contributed by atoms with Gasteiger partial charge >= 0.3 is 5.97 Å². The van der Waals surface area contributed by atoms with Crippen LogP contribution in [0.1, 0.15) is 32.3 Å². The first-order valence-corrected chi connectivity index (χ1v) is 7.54. The number of rotatable bonds is 5. The third kappa shape index (κ3) is 4.34. The van der Waals surface area contributed by atoms with Crippen LogP contribution in [0.2, 0.25) is 0 Å². The van der Waals surface area contributed by atoms with Crippen molar-refractivity contribution >= 4 is 5.97 Å². The molecule has 1 aliphatic rings. The van der Waals surface area contributed by atoms with E-state index in [1.54, 1.807) is 0 Å². The number of aliphatic carboxylic acids is 1. The van der Waals surface area contributed by atoms with E-state index >= 15 is 0 Å². The Morgan fingerprint density at radius 3 is 2.40 bits per heavy atom. The molecule has 0 bridgehead atoms. The fourth-order valence-corrected chi connectivity index (χ4v) is 3.43.